The van der Waals surface area contributed by atoms with E-state index in [1.54, 1.807) is 39.0 Å². The molecule has 1 aliphatic heterocycles. The molecular weight excluding hydrogens is 502 g/mol. The van der Waals surface area contributed by atoms with E-state index < -0.39 is 17.5 Å². The number of carbonyl (C=O) groups is 2. The first-order valence-electron chi connectivity index (χ1n) is 13.4. The molecule has 39 heavy (non-hydrogen) atoms. The molecule has 1 aliphatic carbocycles. The topological polar surface area (TPSA) is 137 Å². The fourth-order valence-electron chi connectivity index (χ4n) is 4.44. The number of nitrogens with one attached hydrogen (secondary N) is 2. The van der Waals surface area contributed by atoms with Crippen LogP contribution in [-0.4, -0.2) is 64.6 Å². The number of hydrogen-bond donors (Lipinski definition) is 2. The van der Waals surface area contributed by atoms with Crippen LogP contribution in [0.5, 0.6) is 11.5 Å². The van der Waals surface area contributed by atoms with E-state index in [1.165, 1.54) is 0 Å². The average molecular weight is 540 g/mol. The van der Waals surface area contributed by atoms with Crippen LogP contribution in [0.2, 0.25) is 0 Å². The molecule has 0 spiro atoms. The minimum atomic E-state index is -1.89. The largest absolute Gasteiger partial charge is 0.491 e. The number of esters is 2. The number of fused-ring (bicyclic) bond motifs is 3. The molecule has 0 amide bonds. The lowest BCUT2D eigenvalue weighted by Gasteiger charge is -2.30. The van der Waals surface area contributed by atoms with Crippen LogP contribution in [-0.2, 0) is 25.6 Å². The lowest BCUT2D eigenvalue weighted by Crippen LogP contribution is -2.54. The molecule has 1 fully saturated rings. The highest BCUT2D eigenvalue weighted by molar-refractivity contribution is 6.05. The lowest BCUT2D eigenvalue weighted by atomic mass is 9.96. The van der Waals surface area contributed by atoms with E-state index in [0.717, 1.165) is 18.4 Å². The SMILES string of the molecule is CCOC(=O)C(CC1CC1)(Oc1ccc2c(c1)OCCn1cc(/C(=N/C(C)=N)NC(C)C)nc1-2)C(=O)OCC. The smallest absolute Gasteiger partial charge is 0.362 e. The van der Waals surface area contributed by atoms with Crippen LogP contribution >= 0.6 is 0 Å². The molecule has 2 aliphatic rings. The highest BCUT2D eigenvalue weighted by Gasteiger charge is 2.54. The maximum absolute atomic E-state index is 13.2. The van der Waals surface area contributed by atoms with Gasteiger partial charge < -0.3 is 28.8 Å². The van der Waals surface area contributed by atoms with Gasteiger partial charge in [0.2, 0.25) is 0 Å². The first-order chi connectivity index (χ1) is 18.7. The van der Waals surface area contributed by atoms with Gasteiger partial charge in [0, 0.05) is 24.7 Å². The number of rotatable bonds is 10. The molecule has 0 atom stereocenters. The van der Waals surface area contributed by atoms with Crippen molar-refractivity contribution in [1.29, 1.82) is 5.41 Å². The Kier molecular flexibility index (Phi) is 8.57. The summed E-state index contributed by atoms with van der Waals surface area (Å²) in [5.41, 5.74) is -0.552. The molecule has 2 N–H and O–H groups in total. The summed E-state index contributed by atoms with van der Waals surface area (Å²) in [6, 6.07) is 5.26. The van der Waals surface area contributed by atoms with Crippen molar-refractivity contribution in [3.8, 4) is 22.9 Å². The normalized spacial score (nSPS) is 15.0. The second-order valence-electron chi connectivity index (χ2n) is 10.0. The summed E-state index contributed by atoms with van der Waals surface area (Å²) in [7, 11) is 0. The first kappa shape index (κ1) is 28.1. The fraction of sp³-hybridized carbons (Fsp3) is 0.536. The van der Waals surface area contributed by atoms with Crippen molar-refractivity contribution < 1.29 is 28.5 Å². The third-order valence-electron chi connectivity index (χ3n) is 6.28. The van der Waals surface area contributed by atoms with Gasteiger partial charge in [-0.1, -0.05) is 0 Å². The number of aliphatic imine (C=N–C) groups is 1. The Labute approximate surface area is 228 Å². The third kappa shape index (κ3) is 6.40. The van der Waals surface area contributed by atoms with Gasteiger partial charge >= 0.3 is 17.5 Å². The molecule has 0 saturated heterocycles. The Balaban J connectivity index is 1.71. The quantitative estimate of drug-likeness (QED) is 0.202. The van der Waals surface area contributed by atoms with Crippen molar-refractivity contribution in [2.24, 2.45) is 10.9 Å². The standard InChI is InChI=1S/C28H37N5O6/c1-6-36-26(34)28(15-19-8-9-19,27(35)37-7-2)39-20-10-11-21-23(14-20)38-13-12-33-16-22(32-25(21)33)24(30-17(3)4)31-18(5)29/h10-11,14,16-17,19H,6-9,12-13,15H2,1-5H3,(H2,29,30,31). The molecule has 0 bridgehead atoms. The molecule has 1 aromatic heterocycles. The molecule has 2 aromatic rings. The number of nitrogens with zero attached hydrogens (tertiary/aromatic N) is 3. The van der Waals surface area contributed by atoms with E-state index in [2.05, 4.69) is 10.3 Å². The number of benzene rings is 1. The van der Waals surface area contributed by atoms with Crippen LogP contribution in [0, 0.1) is 11.3 Å². The van der Waals surface area contributed by atoms with Gasteiger partial charge in [0.1, 0.15) is 35.5 Å². The monoisotopic (exact) mass is 539 g/mol. The Morgan fingerprint density at radius 1 is 1.23 bits per heavy atom. The van der Waals surface area contributed by atoms with Crippen molar-refractivity contribution >= 4 is 23.6 Å². The van der Waals surface area contributed by atoms with Crippen LogP contribution in [0.4, 0.5) is 0 Å². The summed E-state index contributed by atoms with van der Waals surface area (Å²) < 4.78 is 24.8. The van der Waals surface area contributed by atoms with Gasteiger partial charge in [0.25, 0.3) is 0 Å². The molecule has 1 aromatic carbocycles. The van der Waals surface area contributed by atoms with Gasteiger partial charge in [-0.15, -0.1) is 0 Å². The number of carbonyl (C=O) groups excluding carboxylic acids is 2. The molecule has 1 saturated carbocycles. The molecule has 11 nitrogen and oxygen atoms in total. The Hall–Kier alpha value is -3.89. The second-order valence-corrected chi connectivity index (χ2v) is 10.0. The molecule has 210 valence electrons. The number of aromatic nitrogens is 2. The third-order valence-corrected chi connectivity index (χ3v) is 6.28. The maximum Gasteiger partial charge on any atom is 0.362 e. The van der Waals surface area contributed by atoms with E-state index in [-0.39, 0.29) is 37.4 Å². The molecule has 11 heteroatoms. The van der Waals surface area contributed by atoms with Gasteiger partial charge in [-0.25, -0.2) is 19.6 Å². The lowest BCUT2D eigenvalue weighted by molar-refractivity contribution is -0.181. The number of amidine groups is 2. The van der Waals surface area contributed by atoms with Gasteiger partial charge in [0.15, 0.2) is 5.84 Å². The van der Waals surface area contributed by atoms with Gasteiger partial charge in [-0.2, -0.15) is 0 Å². The number of hydrogen-bond acceptors (Lipinski definition) is 8. The zero-order valence-electron chi connectivity index (χ0n) is 23.2. The summed E-state index contributed by atoms with van der Waals surface area (Å²) in [6.07, 6.45) is 3.90. The zero-order chi connectivity index (χ0) is 28.2. The Bertz CT molecular complexity index is 1250. The average Bonchev–Trinajstić information content (AvgIpc) is 3.62. The van der Waals surface area contributed by atoms with E-state index in [4.69, 9.17) is 29.3 Å². The van der Waals surface area contributed by atoms with E-state index in [9.17, 15) is 9.59 Å². The Morgan fingerprint density at radius 2 is 1.92 bits per heavy atom. The summed E-state index contributed by atoms with van der Waals surface area (Å²) in [4.78, 5) is 35.5. The summed E-state index contributed by atoms with van der Waals surface area (Å²) >= 11 is 0. The fourth-order valence-corrected chi connectivity index (χ4v) is 4.44. The predicted octanol–water partition coefficient (Wildman–Crippen LogP) is 3.73. The van der Waals surface area contributed by atoms with Crippen molar-refractivity contribution in [3.05, 3.63) is 30.1 Å². The van der Waals surface area contributed by atoms with Crippen molar-refractivity contribution in [1.82, 2.24) is 14.9 Å². The first-order valence-corrected chi connectivity index (χ1v) is 13.4. The van der Waals surface area contributed by atoms with Gasteiger partial charge in [-0.3, -0.25) is 5.41 Å². The summed E-state index contributed by atoms with van der Waals surface area (Å²) in [5, 5.41) is 11.1. The zero-order valence-corrected chi connectivity index (χ0v) is 23.2. The maximum atomic E-state index is 13.2. The van der Waals surface area contributed by atoms with Crippen LogP contribution in [0.15, 0.2) is 29.4 Å². The summed E-state index contributed by atoms with van der Waals surface area (Å²) in [5.74, 6) is 0.842. The number of imidazole rings is 1. The molecule has 0 radical (unpaired) electrons. The predicted molar refractivity (Wildman–Crippen MR) is 145 cm³/mol. The number of ether oxygens (including phenoxy) is 4. The molecule has 4 rings (SSSR count). The van der Waals surface area contributed by atoms with E-state index in [0.29, 0.717) is 42.0 Å². The van der Waals surface area contributed by atoms with Crippen LogP contribution in [0.25, 0.3) is 11.4 Å². The second kappa shape index (κ2) is 11.9. The van der Waals surface area contributed by atoms with E-state index >= 15 is 0 Å². The molecule has 0 unspecified atom stereocenters. The van der Waals surface area contributed by atoms with Crippen molar-refractivity contribution in [2.75, 3.05) is 19.8 Å². The van der Waals surface area contributed by atoms with Crippen LogP contribution in [0.1, 0.15) is 59.6 Å². The summed E-state index contributed by atoms with van der Waals surface area (Å²) in [6.45, 7) is 10.1. The van der Waals surface area contributed by atoms with Crippen LogP contribution < -0.4 is 14.8 Å². The van der Waals surface area contributed by atoms with Crippen LogP contribution in [0.3, 0.4) is 0 Å². The van der Waals surface area contributed by atoms with Crippen molar-refractivity contribution in [2.45, 2.75) is 72.1 Å². The van der Waals surface area contributed by atoms with Crippen molar-refractivity contribution in [3.63, 3.8) is 0 Å². The van der Waals surface area contributed by atoms with E-state index in [1.807, 2.05) is 24.6 Å². The molecular formula is C28H37N5O6. The highest BCUT2D eigenvalue weighted by Crippen LogP contribution is 2.41. The minimum absolute atomic E-state index is 0.106. The van der Waals surface area contributed by atoms with Gasteiger partial charge in [0.05, 0.1) is 25.3 Å². The highest BCUT2D eigenvalue weighted by atomic mass is 16.6. The minimum Gasteiger partial charge on any atom is -0.491 e. The van der Waals surface area contributed by atoms with Gasteiger partial charge in [-0.05, 0) is 65.5 Å². The molecule has 2 heterocycles. The Morgan fingerprint density at radius 3 is 2.51 bits per heavy atom.